The van der Waals surface area contributed by atoms with Gasteiger partial charge in [-0.1, -0.05) is 0 Å². The number of fused-ring (bicyclic) bond motifs is 2. The molecule has 0 radical (unpaired) electrons. The number of benzene rings is 1. The Morgan fingerprint density at radius 1 is 1.35 bits per heavy atom. The molecule has 0 bridgehead atoms. The molecule has 0 fully saturated rings. The molecule has 2 N–H and O–H groups in total. The second kappa shape index (κ2) is 4.91. The summed E-state index contributed by atoms with van der Waals surface area (Å²) in [7, 11) is 1.75. The van der Waals surface area contributed by atoms with Crippen LogP contribution in [0.4, 0.5) is 4.39 Å². The van der Waals surface area contributed by atoms with E-state index < -0.39 is 5.91 Å². The largest absolute Gasteiger partial charge is 0.365 e. The maximum Gasteiger partial charge on any atom is 0.252 e. The molecule has 0 aliphatic carbocycles. The van der Waals surface area contributed by atoms with Crippen molar-refractivity contribution in [2.24, 2.45) is 12.8 Å². The number of hydrogen-bond donors (Lipinski definition) is 1. The summed E-state index contributed by atoms with van der Waals surface area (Å²) < 4.78 is 17.8. The highest BCUT2D eigenvalue weighted by atomic mass is 19.1. The Balaban J connectivity index is 1.99. The molecule has 0 unspecified atom stereocenters. The summed E-state index contributed by atoms with van der Waals surface area (Å²) in [5.41, 5.74) is 8.50. The number of primary amides is 1. The van der Waals surface area contributed by atoms with E-state index in [1.165, 1.54) is 12.3 Å². The summed E-state index contributed by atoms with van der Waals surface area (Å²) >= 11 is 0. The fourth-order valence-corrected chi connectivity index (χ4v) is 3.29. The lowest BCUT2D eigenvalue weighted by Gasteiger charge is -2.13. The minimum absolute atomic E-state index is 0.382. The number of aromatic nitrogens is 4. The van der Waals surface area contributed by atoms with E-state index >= 15 is 0 Å². The first-order valence-electron chi connectivity index (χ1n) is 7.57. The van der Waals surface area contributed by atoms with Gasteiger partial charge < -0.3 is 5.73 Å². The third-order valence-electron chi connectivity index (χ3n) is 4.43. The van der Waals surface area contributed by atoms with Gasteiger partial charge in [0.15, 0.2) is 0 Å². The average molecular weight is 313 g/mol. The van der Waals surface area contributed by atoms with Gasteiger partial charge in [0.25, 0.3) is 5.91 Å². The van der Waals surface area contributed by atoms with Gasteiger partial charge in [-0.05, 0) is 31.4 Å². The molecule has 4 rings (SSSR count). The highest BCUT2D eigenvalue weighted by Gasteiger charge is 2.25. The van der Waals surface area contributed by atoms with Gasteiger partial charge in [-0.3, -0.25) is 14.2 Å². The minimum Gasteiger partial charge on any atom is -0.365 e. The van der Waals surface area contributed by atoms with Crippen molar-refractivity contribution in [1.82, 2.24) is 19.6 Å². The predicted molar refractivity (Wildman–Crippen MR) is 83.3 cm³/mol. The highest BCUT2D eigenvalue weighted by Crippen LogP contribution is 2.31. The molecule has 6 nitrogen and oxygen atoms in total. The van der Waals surface area contributed by atoms with Crippen LogP contribution in [0.1, 0.15) is 28.9 Å². The van der Waals surface area contributed by atoms with Crippen LogP contribution in [-0.2, 0) is 20.0 Å². The Bertz CT molecular complexity index is 940. The van der Waals surface area contributed by atoms with E-state index in [1.54, 1.807) is 17.8 Å². The third-order valence-corrected chi connectivity index (χ3v) is 4.43. The average Bonchev–Trinajstić information content (AvgIpc) is 3.09. The number of carbonyl (C=O) groups excluding carboxylic acids is 1. The predicted octanol–water partition coefficient (Wildman–Crippen LogP) is 2.01. The maximum atomic E-state index is 14.4. The Morgan fingerprint density at radius 2 is 2.17 bits per heavy atom. The summed E-state index contributed by atoms with van der Waals surface area (Å²) in [6.07, 6.45) is 4.27. The van der Waals surface area contributed by atoms with Gasteiger partial charge in [0.1, 0.15) is 11.5 Å². The molecule has 7 heteroatoms. The Morgan fingerprint density at radius 3 is 2.96 bits per heavy atom. The summed E-state index contributed by atoms with van der Waals surface area (Å²) in [4.78, 5) is 12.0. The molecule has 118 valence electrons. The lowest BCUT2D eigenvalue weighted by Crippen LogP contribution is -2.17. The fraction of sp³-hybridized carbons (Fsp3) is 0.312. The number of nitrogens with two attached hydrogens (primary N) is 1. The summed E-state index contributed by atoms with van der Waals surface area (Å²) in [6, 6.07) is 3.19. The van der Waals surface area contributed by atoms with E-state index in [4.69, 9.17) is 5.73 Å². The lowest BCUT2D eigenvalue weighted by molar-refractivity contribution is 0.0999. The van der Waals surface area contributed by atoms with E-state index in [1.807, 2.05) is 4.68 Å². The SMILES string of the molecule is Cn1ncc2c(F)cc(-c3nn4c(c3C(N)=O)CCCC4)cc21. The van der Waals surface area contributed by atoms with E-state index in [-0.39, 0.29) is 5.82 Å². The zero-order valence-corrected chi connectivity index (χ0v) is 12.7. The highest BCUT2D eigenvalue weighted by molar-refractivity contribution is 6.01. The van der Waals surface area contributed by atoms with Crippen LogP contribution in [0.25, 0.3) is 22.2 Å². The standard InChI is InChI=1S/C16H16FN5O/c1-21-13-7-9(6-11(17)10(13)8-19-21)15-14(16(18)23)12-4-2-3-5-22(12)20-15/h6-8H,2-5H2,1H3,(H2,18,23). The number of amides is 1. The van der Waals surface area contributed by atoms with Crippen molar-refractivity contribution in [1.29, 1.82) is 0 Å². The summed E-state index contributed by atoms with van der Waals surface area (Å²) in [6.45, 7) is 0.756. The van der Waals surface area contributed by atoms with Crippen molar-refractivity contribution >= 4 is 16.8 Å². The molecule has 0 spiro atoms. The van der Waals surface area contributed by atoms with Gasteiger partial charge in [0.05, 0.1) is 28.4 Å². The number of hydrogen-bond acceptors (Lipinski definition) is 3. The van der Waals surface area contributed by atoms with Gasteiger partial charge in [-0.2, -0.15) is 10.2 Å². The molecule has 0 atom stereocenters. The zero-order valence-electron chi connectivity index (χ0n) is 12.7. The number of aryl methyl sites for hydroxylation is 2. The molecule has 1 aliphatic rings. The second-order valence-electron chi connectivity index (χ2n) is 5.87. The zero-order chi connectivity index (χ0) is 16.1. The first kappa shape index (κ1) is 13.9. The van der Waals surface area contributed by atoms with Crippen LogP contribution < -0.4 is 5.73 Å². The van der Waals surface area contributed by atoms with Crippen LogP contribution in [0.3, 0.4) is 0 Å². The third kappa shape index (κ3) is 2.03. The normalized spacial score (nSPS) is 14.2. The van der Waals surface area contributed by atoms with E-state index in [9.17, 15) is 9.18 Å². The van der Waals surface area contributed by atoms with Crippen molar-refractivity contribution in [2.45, 2.75) is 25.8 Å². The quantitative estimate of drug-likeness (QED) is 0.786. The molecule has 1 amide bonds. The summed E-state index contributed by atoms with van der Waals surface area (Å²) in [5, 5.41) is 9.04. The Labute approximate surface area is 131 Å². The molecule has 2 aromatic heterocycles. The molecule has 23 heavy (non-hydrogen) atoms. The topological polar surface area (TPSA) is 78.7 Å². The van der Waals surface area contributed by atoms with Gasteiger partial charge in [-0.15, -0.1) is 0 Å². The van der Waals surface area contributed by atoms with Crippen molar-refractivity contribution < 1.29 is 9.18 Å². The van der Waals surface area contributed by atoms with Gasteiger partial charge >= 0.3 is 0 Å². The minimum atomic E-state index is -0.520. The number of nitrogens with zero attached hydrogens (tertiary/aromatic N) is 4. The van der Waals surface area contributed by atoms with E-state index in [2.05, 4.69) is 10.2 Å². The van der Waals surface area contributed by atoms with Crippen LogP contribution >= 0.6 is 0 Å². The van der Waals surface area contributed by atoms with Gasteiger partial charge in [0, 0.05) is 19.2 Å². The monoisotopic (exact) mass is 313 g/mol. The van der Waals surface area contributed by atoms with Crippen LogP contribution in [-0.4, -0.2) is 25.5 Å². The van der Waals surface area contributed by atoms with Gasteiger partial charge in [-0.25, -0.2) is 4.39 Å². The molecule has 0 saturated carbocycles. The smallest absolute Gasteiger partial charge is 0.252 e. The van der Waals surface area contributed by atoms with Crippen molar-refractivity contribution in [3.8, 4) is 11.3 Å². The van der Waals surface area contributed by atoms with Gasteiger partial charge in [0.2, 0.25) is 0 Å². The maximum absolute atomic E-state index is 14.4. The second-order valence-corrected chi connectivity index (χ2v) is 5.87. The van der Waals surface area contributed by atoms with Crippen molar-refractivity contribution in [3.05, 3.63) is 35.4 Å². The first-order chi connectivity index (χ1) is 11.1. The Kier molecular flexibility index (Phi) is 2.97. The van der Waals surface area contributed by atoms with E-state index in [0.717, 1.165) is 31.5 Å². The van der Waals surface area contributed by atoms with E-state index in [0.29, 0.717) is 27.7 Å². The first-order valence-corrected chi connectivity index (χ1v) is 7.57. The molecular formula is C16H16FN5O. The number of halogens is 1. The molecular weight excluding hydrogens is 297 g/mol. The van der Waals surface area contributed by atoms with Crippen LogP contribution in [0.5, 0.6) is 0 Å². The number of rotatable bonds is 2. The van der Waals surface area contributed by atoms with Crippen LogP contribution in [0.15, 0.2) is 18.3 Å². The Hall–Kier alpha value is -2.70. The van der Waals surface area contributed by atoms with Crippen molar-refractivity contribution in [2.75, 3.05) is 0 Å². The molecule has 0 saturated heterocycles. The van der Waals surface area contributed by atoms with Crippen LogP contribution in [0, 0.1) is 5.82 Å². The molecule has 1 aliphatic heterocycles. The molecule has 1 aromatic carbocycles. The van der Waals surface area contributed by atoms with Crippen molar-refractivity contribution in [3.63, 3.8) is 0 Å². The lowest BCUT2D eigenvalue weighted by atomic mass is 10.0. The molecule has 3 heterocycles. The van der Waals surface area contributed by atoms with Crippen LogP contribution in [0.2, 0.25) is 0 Å². The fourth-order valence-electron chi connectivity index (χ4n) is 3.29. The molecule has 3 aromatic rings. The summed E-state index contributed by atoms with van der Waals surface area (Å²) in [5.74, 6) is -0.902. The number of carbonyl (C=O) groups is 1.